The number of amides is 2. The van der Waals surface area contributed by atoms with Gasteiger partial charge in [0.2, 0.25) is 5.91 Å². The second-order valence-corrected chi connectivity index (χ2v) is 10.4. The van der Waals surface area contributed by atoms with Gasteiger partial charge in [0, 0.05) is 32.7 Å². The summed E-state index contributed by atoms with van der Waals surface area (Å²) in [6.45, 7) is 8.79. The summed E-state index contributed by atoms with van der Waals surface area (Å²) in [5, 5.41) is 3.34. The quantitative estimate of drug-likeness (QED) is 0.615. The van der Waals surface area contributed by atoms with E-state index in [9.17, 15) is 9.59 Å². The molecule has 1 aromatic carbocycles. The highest BCUT2D eigenvalue weighted by Gasteiger charge is 2.31. The zero-order valence-electron chi connectivity index (χ0n) is 19.4. The summed E-state index contributed by atoms with van der Waals surface area (Å²) >= 11 is 7.85. The third kappa shape index (κ3) is 7.11. The maximum Gasteiger partial charge on any atom is 0.253 e. The summed E-state index contributed by atoms with van der Waals surface area (Å²) in [5.41, 5.74) is 0.406. The molecule has 8 heteroatoms. The monoisotopic (exact) mass is 481 g/mol. The minimum absolute atomic E-state index is 0.0199. The summed E-state index contributed by atoms with van der Waals surface area (Å²) < 4.78 is 5.84. The zero-order valence-corrected chi connectivity index (χ0v) is 21.0. The first-order chi connectivity index (χ1) is 15.4. The number of piperidine rings is 1. The Hall–Kier alpha value is -1.28. The molecule has 32 heavy (non-hydrogen) atoms. The molecule has 2 fully saturated rings. The first kappa shape index (κ1) is 25.3. The van der Waals surface area contributed by atoms with E-state index in [4.69, 9.17) is 16.3 Å². The zero-order chi connectivity index (χ0) is 23.1. The molecule has 2 saturated heterocycles. The van der Waals surface area contributed by atoms with Gasteiger partial charge in [-0.1, -0.05) is 23.7 Å². The third-order valence-corrected chi connectivity index (χ3v) is 7.24. The summed E-state index contributed by atoms with van der Waals surface area (Å²) in [7, 11) is 0. The van der Waals surface area contributed by atoms with Crippen LogP contribution in [0.25, 0.3) is 0 Å². The minimum atomic E-state index is -0.524. The van der Waals surface area contributed by atoms with Crippen LogP contribution in [0.5, 0.6) is 0 Å². The normalized spacial score (nSPS) is 23.7. The van der Waals surface area contributed by atoms with Crippen LogP contribution >= 0.6 is 23.4 Å². The van der Waals surface area contributed by atoms with Crippen LogP contribution in [0.15, 0.2) is 24.3 Å². The van der Waals surface area contributed by atoms with Crippen molar-refractivity contribution >= 4 is 35.2 Å². The highest BCUT2D eigenvalue weighted by atomic mass is 35.5. The van der Waals surface area contributed by atoms with Gasteiger partial charge in [-0.25, -0.2) is 0 Å². The molecule has 2 aliphatic rings. The van der Waals surface area contributed by atoms with Gasteiger partial charge >= 0.3 is 0 Å². The van der Waals surface area contributed by atoms with Crippen LogP contribution in [0, 0.1) is 5.92 Å². The fourth-order valence-corrected chi connectivity index (χ4v) is 5.42. The number of ether oxygens (including phenoxy) is 1. The largest absolute Gasteiger partial charge is 0.373 e. The van der Waals surface area contributed by atoms with Gasteiger partial charge < -0.3 is 15.0 Å². The fourth-order valence-electron chi connectivity index (χ4n) is 4.73. The Bertz CT molecular complexity index is 763. The Morgan fingerprint density at radius 1 is 1.19 bits per heavy atom. The Kier molecular flexibility index (Phi) is 9.71. The highest BCUT2D eigenvalue weighted by molar-refractivity contribution is 7.98. The molecule has 2 aliphatic heterocycles. The predicted octanol–water partition coefficient (Wildman–Crippen LogP) is 3.54. The molecule has 0 aliphatic carbocycles. The number of hydrogen-bond acceptors (Lipinski definition) is 5. The van der Waals surface area contributed by atoms with Crippen molar-refractivity contribution < 1.29 is 14.3 Å². The smallest absolute Gasteiger partial charge is 0.253 e. The molecule has 1 aromatic rings. The summed E-state index contributed by atoms with van der Waals surface area (Å²) in [4.78, 5) is 30.5. The number of benzene rings is 1. The lowest BCUT2D eigenvalue weighted by atomic mass is 9.95. The molecule has 6 nitrogen and oxygen atoms in total. The van der Waals surface area contributed by atoms with Crippen LogP contribution < -0.4 is 5.32 Å². The van der Waals surface area contributed by atoms with Crippen LogP contribution in [0.3, 0.4) is 0 Å². The molecule has 178 valence electrons. The van der Waals surface area contributed by atoms with E-state index in [1.165, 1.54) is 0 Å². The van der Waals surface area contributed by atoms with Crippen molar-refractivity contribution in [1.29, 1.82) is 0 Å². The summed E-state index contributed by atoms with van der Waals surface area (Å²) in [5.74, 6) is 1.13. The fraction of sp³-hybridized carbons (Fsp3) is 0.667. The number of nitrogens with one attached hydrogen (secondary N) is 1. The van der Waals surface area contributed by atoms with Crippen LogP contribution in [0.2, 0.25) is 5.02 Å². The van der Waals surface area contributed by atoms with Crippen molar-refractivity contribution in [2.24, 2.45) is 5.92 Å². The van der Waals surface area contributed by atoms with Gasteiger partial charge in [-0.3, -0.25) is 14.5 Å². The molecular formula is C24H36ClN3O3S. The molecule has 0 aromatic heterocycles. The van der Waals surface area contributed by atoms with Crippen LogP contribution in [0.4, 0.5) is 0 Å². The lowest BCUT2D eigenvalue weighted by Gasteiger charge is -2.40. The number of thioether (sulfide) groups is 1. The molecule has 0 radical (unpaired) electrons. The van der Waals surface area contributed by atoms with Crippen molar-refractivity contribution in [2.75, 3.05) is 44.7 Å². The Balaban J connectivity index is 1.54. The van der Waals surface area contributed by atoms with Crippen LogP contribution in [-0.2, 0) is 9.53 Å². The molecule has 0 bridgehead atoms. The second kappa shape index (κ2) is 12.3. The van der Waals surface area contributed by atoms with Crippen molar-refractivity contribution in [2.45, 2.75) is 51.4 Å². The third-order valence-electron chi connectivity index (χ3n) is 6.27. The van der Waals surface area contributed by atoms with Crippen molar-refractivity contribution in [3.63, 3.8) is 0 Å². The van der Waals surface area contributed by atoms with Gasteiger partial charge in [0.25, 0.3) is 5.91 Å². The second-order valence-electron chi connectivity index (χ2n) is 9.03. The molecule has 2 heterocycles. The molecular weight excluding hydrogens is 446 g/mol. The van der Waals surface area contributed by atoms with E-state index in [1.807, 2.05) is 11.2 Å². The van der Waals surface area contributed by atoms with E-state index >= 15 is 0 Å². The van der Waals surface area contributed by atoms with E-state index < -0.39 is 6.04 Å². The van der Waals surface area contributed by atoms with Gasteiger partial charge in [-0.2, -0.15) is 11.8 Å². The van der Waals surface area contributed by atoms with Gasteiger partial charge in [0.1, 0.15) is 6.04 Å². The van der Waals surface area contributed by atoms with Crippen molar-refractivity contribution in [3.05, 3.63) is 34.9 Å². The van der Waals surface area contributed by atoms with Gasteiger partial charge in [-0.05, 0) is 63.2 Å². The van der Waals surface area contributed by atoms with E-state index in [0.29, 0.717) is 22.9 Å². The lowest BCUT2D eigenvalue weighted by molar-refractivity contribution is -0.135. The molecule has 3 unspecified atom stereocenters. The van der Waals surface area contributed by atoms with Gasteiger partial charge in [-0.15, -0.1) is 0 Å². The van der Waals surface area contributed by atoms with Crippen LogP contribution in [-0.4, -0.2) is 84.6 Å². The van der Waals surface area contributed by atoms with Gasteiger partial charge in [0.15, 0.2) is 0 Å². The predicted molar refractivity (Wildman–Crippen MR) is 131 cm³/mol. The molecule has 2 amide bonds. The number of hydrogen-bond donors (Lipinski definition) is 1. The molecule has 3 rings (SSSR count). The Morgan fingerprint density at radius 3 is 2.47 bits per heavy atom. The number of morpholine rings is 1. The average Bonchev–Trinajstić information content (AvgIpc) is 2.76. The van der Waals surface area contributed by atoms with Crippen LogP contribution in [0.1, 0.15) is 43.5 Å². The van der Waals surface area contributed by atoms with E-state index in [2.05, 4.69) is 24.1 Å². The van der Waals surface area contributed by atoms with Gasteiger partial charge in [0.05, 0.1) is 22.8 Å². The average molecular weight is 482 g/mol. The van der Waals surface area contributed by atoms with Crippen molar-refractivity contribution in [1.82, 2.24) is 15.1 Å². The number of halogens is 1. The number of nitrogens with zero attached hydrogens (tertiary/aromatic N) is 2. The molecule has 0 spiro atoms. The highest BCUT2D eigenvalue weighted by Crippen LogP contribution is 2.22. The summed E-state index contributed by atoms with van der Waals surface area (Å²) in [6.07, 6.45) is 5.17. The number of carbonyl (C=O) groups is 2. The Morgan fingerprint density at radius 2 is 1.84 bits per heavy atom. The standard InChI is InChI=1S/C24H36ClN3O3S/c1-17-14-27(15-18(2)31-17)16-19-8-11-28(12-9-19)24(30)22(10-13-32-3)26-23(29)20-6-4-5-7-21(20)25/h4-7,17-19,22H,8-16H2,1-3H3,(H,26,29). The number of carbonyl (C=O) groups excluding carboxylic acids is 2. The first-order valence-electron chi connectivity index (χ1n) is 11.6. The molecule has 1 N–H and O–H groups in total. The maximum atomic E-state index is 13.3. The minimum Gasteiger partial charge on any atom is -0.373 e. The maximum absolute atomic E-state index is 13.3. The lowest BCUT2D eigenvalue weighted by Crippen LogP contribution is -2.52. The number of rotatable bonds is 8. The SMILES string of the molecule is CSCCC(NC(=O)c1ccccc1Cl)C(=O)N1CCC(CN2CC(C)OC(C)C2)CC1. The first-order valence-corrected chi connectivity index (χ1v) is 13.4. The van der Waals surface area contributed by atoms with E-state index in [0.717, 1.165) is 51.3 Å². The molecule has 3 atom stereocenters. The molecule has 0 saturated carbocycles. The number of likely N-dealkylation sites (tertiary alicyclic amines) is 1. The van der Waals surface area contributed by atoms with E-state index in [1.54, 1.807) is 36.0 Å². The van der Waals surface area contributed by atoms with Crippen molar-refractivity contribution in [3.8, 4) is 0 Å². The van der Waals surface area contributed by atoms with E-state index in [-0.39, 0.29) is 24.0 Å². The Labute approximate surface area is 201 Å². The summed E-state index contributed by atoms with van der Waals surface area (Å²) in [6, 6.07) is 6.42. The topological polar surface area (TPSA) is 61.9 Å².